The second-order valence-electron chi connectivity index (χ2n) is 5.24. The summed E-state index contributed by atoms with van der Waals surface area (Å²) in [6.45, 7) is 0. The molecule has 0 saturated carbocycles. The Kier molecular flexibility index (Phi) is 5.16. The van der Waals surface area contributed by atoms with Crippen LogP contribution in [0.2, 0.25) is 10.0 Å². The van der Waals surface area contributed by atoms with Crippen LogP contribution >= 0.6 is 23.2 Å². The Bertz CT molecular complexity index is 885. The molecule has 0 spiro atoms. The number of nitrogens with one attached hydrogen (secondary N) is 1. The Labute approximate surface area is 155 Å². The lowest BCUT2D eigenvalue weighted by Gasteiger charge is -2.16. The van der Waals surface area contributed by atoms with Crippen LogP contribution in [0.25, 0.3) is 0 Å². The molecule has 3 rings (SSSR count). The molecule has 0 aliphatic heterocycles. The molecule has 0 fully saturated rings. The molecule has 1 heterocycles. The van der Waals surface area contributed by atoms with Gasteiger partial charge in [-0.3, -0.25) is 4.79 Å². The van der Waals surface area contributed by atoms with Crippen LogP contribution in [0.1, 0.15) is 10.5 Å². The number of benzene rings is 2. The van der Waals surface area contributed by atoms with Crippen molar-refractivity contribution in [1.29, 1.82) is 0 Å². The molecule has 7 heteroatoms. The molecule has 2 aromatic carbocycles. The fourth-order valence-corrected chi connectivity index (χ4v) is 2.46. The minimum Gasteiger partial charge on any atom is -0.339 e. The van der Waals surface area contributed by atoms with Crippen molar-refractivity contribution >= 4 is 46.3 Å². The molecule has 126 valence electrons. The van der Waals surface area contributed by atoms with Crippen LogP contribution in [-0.2, 0) is 0 Å². The second-order valence-corrected chi connectivity index (χ2v) is 6.05. The lowest BCUT2D eigenvalue weighted by Crippen LogP contribution is -2.27. The van der Waals surface area contributed by atoms with E-state index in [0.29, 0.717) is 15.9 Å². The minimum atomic E-state index is -0.236. The number of carbonyl (C=O) groups is 1. The molecule has 1 aromatic heterocycles. The number of hydrogen-bond acceptors (Lipinski definition) is 4. The van der Waals surface area contributed by atoms with E-state index >= 15 is 0 Å². The third-order valence-corrected chi connectivity index (χ3v) is 4.25. The summed E-state index contributed by atoms with van der Waals surface area (Å²) in [4.78, 5) is 22.4. The summed E-state index contributed by atoms with van der Waals surface area (Å²) in [5.74, 6) is 0.261. The summed E-state index contributed by atoms with van der Waals surface area (Å²) < 4.78 is 0. The van der Waals surface area contributed by atoms with Gasteiger partial charge >= 0.3 is 0 Å². The van der Waals surface area contributed by atoms with Crippen molar-refractivity contribution in [2.24, 2.45) is 0 Å². The lowest BCUT2D eigenvalue weighted by molar-refractivity contribution is 0.0988. The Morgan fingerprint density at radius 3 is 2.40 bits per heavy atom. The van der Waals surface area contributed by atoms with E-state index in [0.717, 1.165) is 11.4 Å². The van der Waals surface area contributed by atoms with Gasteiger partial charge in [-0.25, -0.2) is 9.97 Å². The average Bonchev–Trinajstić information content (AvgIpc) is 2.65. The standard InChI is InChI=1S/C18H14Cl2N4O/c1-24(13-5-3-2-4-6-13)18(25)16-10-22-17(11-21-16)23-12-7-8-14(19)15(20)9-12/h2-11H,1H3,(H,22,23). The maximum Gasteiger partial charge on any atom is 0.278 e. The predicted octanol–water partition coefficient (Wildman–Crippen LogP) is 4.80. The summed E-state index contributed by atoms with van der Waals surface area (Å²) in [7, 11) is 1.70. The highest BCUT2D eigenvalue weighted by Crippen LogP contribution is 2.26. The fourth-order valence-electron chi connectivity index (χ4n) is 2.17. The fraction of sp³-hybridized carbons (Fsp3) is 0.0556. The van der Waals surface area contributed by atoms with Crippen molar-refractivity contribution in [3.8, 4) is 0 Å². The van der Waals surface area contributed by atoms with Crippen molar-refractivity contribution in [2.45, 2.75) is 0 Å². The van der Waals surface area contributed by atoms with Gasteiger partial charge in [-0.05, 0) is 30.3 Å². The Morgan fingerprint density at radius 1 is 1.00 bits per heavy atom. The van der Waals surface area contributed by atoms with E-state index in [1.807, 2.05) is 30.3 Å². The molecule has 0 aliphatic rings. The summed E-state index contributed by atoms with van der Waals surface area (Å²) in [5, 5.41) is 3.97. The highest BCUT2D eigenvalue weighted by molar-refractivity contribution is 6.42. The zero-order chi connectivity index (χ0) is 17.8. The molecular formula is C18H14Cl2N4O. The highest BCUT2D eigenvalue weighted by atomic mass is 35.5. The van der Waals surface area contributed by atoms with Crippen molar-refractivity contribution in [2.75, 3.05) is 17.3 Å². The maximum atomic E-state index is 12.5. The van der Waals surface area contributed by atoms with Gasteiger partial charge in [-0.15, -0.1) is 0 Å². The van der Waals surface area contributed by atoms with Crippen LogP contribution in [0.3, 0.4) is 0 Å². The number of anilines is 3. The highest BCUT2D eigenvalue weighted by Gasteiger charge is 2.15. The summed E-state index contributed by atoms with van der Waals surface area (Å²) in [6, 6.07) is 14.5. The lowest BCUT2D eigenvalue weighted by atomic mass is 10.3. The number of hydrogen-bond donors (Lipinski definition) is 1. The molecule has 25 heavy (non-hydrogen) atoms. The molecule has 3 aromatic rings. The summed E-state index contributed by atoms with van der Waals surface area (Å²) in [6.07, 6.45) is 2.93. The molecule has 1 amide bonds. The monoisotopic (exact) mass is 372 g/mol. The molecule has 1 N–H and O–H groups in total. The third kappa shape index (κ3) is 4.07. The first-order valence-electron chi connectivity index (χ1n) is 7.42. The van der Waals surface area contributed by atoms with Crippen molar-refractivity contribution in [3.63, 3.8) is 0 Å². The van der Waals surface area contributed by atoms with Crippen LogP contribution in [0.5, 0.6) is 0 Å². The molecule has 0 saturated heterocycles. The SMILES string of the molecule is CN(C(=O)c1cnc(Nc2ccc(Cl)c(Cl)c2)cn1)c1ccccc1. The van der Waals surface area contributed by atoms with Crippen molar-refractivity contribution < 1.29 is 4.79 Å². The number of aromatic nitrogens is 2. The van der Waals surface area contributed by atoms with E-state index in [4.69, 9.17) is 23.2 Å². The van der Waals surface area contributed by atoms with Gasteiger partial charge < -0.3 is 10.2 Å². The van der Waals surface area contributed by atoms with Crippen molar-refractivity contribution in [3.05, 3.63) is 76.7 Å². The van der Waals surface area contributed by atoms with Crippen LogP contribution in [0.15, 0.2) is 60.9 Å². The molecule has 0 atom stereocenters. The Balaban J connectivity index is 1.73. The van der Waals surface area contributed by atoms with E-state index in [2.05, 4.69) is 15.3 Å². The van der Waals surface area contributed by atoms with E-state index in [-0.39, 0.29) is 11.6 Å². The molecule has 0 bridgehead atoms. The minimum absolute atomic E-state index is 0.236. The van der Waals surface area contributed by atoms with E-state index in [1.165, 1.54) is 17.3 Å². The third-order valence-electron chi connectivity index (χ3n) is 3.51. The Morgan fingerprint density at radius 2 is 1.76 bits per heavy atom. The summed E-state index contributed by atoms with van der Waals surface area (Å²) in [5.41, 5.74) is 1.77. The van der Waals surface area contributed by atoms with Gasteiger partial charge in [-0.1, -0.05) is 41.4 Å². The largest absolute Gasteiger partial charge is 0.339 e. The quantitative estimate of drug-likeness (QED) is 0.714. The first kappa shape index (κ1) is 17.2. The summed E-state index contributed by atoms with van der Waals surface area (Å²) >= 11 is 11.9. The average molecular weight is 373 g/mol. The maximum absolute atomic E-state index is 12.5. The van der Waals surface area contributed by atoms with Gasteiger partial charge in [0.1, 0.15) is 11.5 Å². The second kappa shape index (κ2) is 7.51. The van der Waals surface area contributed by atoms with Gasteiger partial charge in [0.05, 0.1) is 22.4 Å². The molecule has 0 aliphatic carbocycles. The van der Waals surface area contributed by atoms with Gasteiger partial charge in [0.25, 0.3) is 5.91 Å². The number of halogens is 2. The first-order valence-corrected chi connectivity index (χ1v) is 8.17. The van der Waals surface area contributed by atoms with Gasteiger partial charge in [0.15, 0.2) is 0 Å². The van der Waals surface area contributed by atoms with Crippen LogP contribution in [0, 0.1) is 0 Å². The number of carbonyl (C=O) groups excluding carboxylic acids is 1. The van der Waals surface area contributed by atoms with E-state index < -0.39 is 0 Å². The van der Waals surface area contributed by atoms with E-state index in [9.17, 15) is 4.79 Å². The zero-order valence-corrected chi connectivity index (χ0v) is 14.8. The first-order chi connectivity index (χ1) is 12.0. The number of nitrogens with zero attached hydrogens (tertiary/aromatic N) is 3. The molecule has 0 unspecified atom stereocenters. The van der Waals surface area contributed by atoms with Gasteiger partial charge in [0.2, 0.25) is 0 Å². The topological polar surface area (TPSA) is 58.1 Å². The van der Waals surface area contributed by atoms with Crippen LogP contribution in [-0.4, -0.2) is 22.9 Å². The van der Waals surface area contributed by atoms with E-state index in [1.54, 1.807) is 25.2 Å². The number of amides is 1. The molecule has 5 nitrogen and oxygen atoms in total. The number of para-hydroxylation sites is 1. The smallest absolute Gasteiger partial charge is 0.278 e. The Hall–Kier alpha value is -2.63. The van der Waals surface area contributed by atoms with Gasteiger partial charge in [0, 0.05) is 18.4 Å². The van der Waals surface area contributed by atoms with Crippen molar-refractivity contribution in [1.82, 2.24) is 9.97 Å². The van der Waals surface area contributed by atoms with Crippen LogP contribution in [0.4, 0.5) is 17.2 Å². The predicted molar refractivity (Wildman–Crippen MR) is 101 cm³/mol. The molecule has 0 radical (unpaired) electrons. The van der Waals surface area contributed by atoms with Gasteiger partial charge in [-0.2, -0.15) is 0 Å². The molecular weight excluding hydrogens is 359 g/mol. The normalized spacial score (nSPS) is 10.4. The zero-order valence-electron chi connectivity index (χ0n) is 13.3. The van der Waals surface area contributed by atoms with Crippen LogP contribution < -0.4 is 10.2 Å². The number of rotatable bonds is 4.